The van der Waals surface area contributed by atoms with Crippen molar-refractivity contribution in [2.24, 2.45) is 0 Å². The Morgan fingerprint density at radius 1 is 1.69 bits per heavy atom. The number of carbonyl (C=O) groups is 1. The number of hydrogen-bond donors (Lipinski definition) is 1. The van der Waals surface area contributed by atoms with Crippen molar-refractivity contribution in [2.45, 2.75) is 25.3 Å². The van der Waals surface area contributed by atoms with Crippen LogP contribution >= 0.6 is 0 Å². The van der Waals surface area contributed by atoms with Crippen molar-refractivity contribution in [3.8, 4) is 0 Å². The van der Waals surface area contributed by atoms with Crippen LogP contribution in [0.5, 0.6) is 0 Å². The van der Waals surface area contributed by atoms with E-state index in [1.165, 1.54) is 12.8 Å². The van der Waals surface area contributed by atoms with Crippen molar-refractivity contribution in [1.82, 2.24) is 9.80 Å². The first kappa shape index (κ1) is 13.2. The molecule has 1 aliphatic rings. The molecular formula is C12H22N2O2. The van der Waals surface area contributed by atoms with Crippen LogP contribution in [-0.4, -0.2) is 60.1 Å². The van der Waals surface area contributed by atoms with Gasteiger partial charge in [0.05, 0.1) is 6.42 Å². The topological polar surface area (TPSA) is 43.8 Å². The van der Waals surface area contributed by atoms with Crippen LogP contribution in [0, 0.1) is 0 Å². The Morgan fingerprint density at radius 2 is 2.44 bits per heavy atom. The minimum absolute atomic E-state index is 0.231. The van der Waals surface area contributed by atoms with Gasteiger partial charge in [0.15, 0.2) is 0 Å². The first-order valence-corrected chi connectivity index (χ1v) is 5.88. The maximum Gasteiger partial charge on any atom is 0.304 e. The number of carboxylic acids is 1. The Kier molecular flexibility index (Phi) is 5.49. The summed E-state index contributed by atoms with van der Waals surface area (Å²) in [5.41, 5.74) is 0. The molecular weight excluding hydrogens is 204 g/mol. The summed E-state index contributed by atoms with van der Waals surface area (Å²) in [5, 5.41) is 8.65. The summed E-state index contributed by atoms with van der Waals surface area (Å²) in [6.45, 7) is 7.49. The molecule has 0 saturated carbocycles. The molecule has 0 aliphatic carbocycles. The second-order valence-electron chi connectivity index (χ2n) is 4.47. The third-order valence-electron chi connectivity index (χ3n) is 3.17. The molecule has 0 radical (unpaired) electrons. The van der Waals surface area contributed by atoms with Gasteiger partial charge in [-0.15, -0.1) is 6.58 Å². The molecule has 0 aromatic heterocycles. The zero-order valence-corrected chi connectivity index (χ0v) is 10.1. The minimum Gasteiger partial charge on any atom is -0.481 e. The SMILES string of the molecule is C=CCN1CCCC(N(C)CCC(=O)O)C1. The van der Waals surface area contributed by atoms with Gasteiger partial charge in [0.1, 0.15) is 0 Å². The fourth-order valence-corrected chi connectivity index (χ4v) is 2.19. The smallest absolute Gasteiger partial charge is 0.304 e. The Bertz CT molecular complexity index is 243. The third-order valence-corrected chi connectivity index (χ3v) is 3.17. The van der Waals surface area contributed by atoms with Crippen molar-refractivity contribution >= 4 is 5.97 Å². The molecule has 1 aliphatic heterocycles. The highest BCUT2D eigenvalue weighted by Gasteiger charge is 2.22. The zero-order valence-electron chi connectivity index (χ0n) is 10.1. The highest BCUT2D eigenvalue weighted by molar-refractivity contribution is 5.66. The van der Waals surface area contributed by atoms with Crippen LogP contribution in [-0.2, 0) is 4.79 Å². The van der Waals surface area contributed by atoms with Crippen LogP contribution in [0.3, 0.4) is 0 Å². The van der Waals surface area contributed by atoms with E-state index in [-0.39, 0.29) is 6.42 Å². The van der Waals surface area contributed by atoms with Gasteiger partial charge in [-0.25, -0.2) is 0 Å². The number of nitrogens with zero attached hydrogens (tertiary/aromatic N) is 2. The first-order chi connectivity index (χ1) is 7.63. The lowest BCUT2D eigenvalue weighted by atomic mass is 10.0. The fraction of sp³-hybridized carbons (Fsp3) is 0.750. The summed E-state index contributed by atoms with van der Waals surface area (Å²) in [7, 11) is 2.02. The molecule has 1 fully saturated rings. The number of carboxylic acid groups (broad SMARTS) is 1. The molecule has 4 heteroatoms. The van der Waals surface area contributed by atoms with Crippen molar-refractivity contribution in [3.05, 3.63) is 12.7 Å². The molecule has 1 heterocycles. The lowest BCUT2D eigenvalue weighted by molar-refractivity contribution is -0.137. The molecule has 1 unspecified atom stereocenters. The molecule has 1 atom stereocenters. The third kappa shape index (κ3) is 4.33. The Morgan fingerprint density at radius 3 is 3.06 bits per heavy atom. The highest BCUT2D eigenvalue weighted by atomic mass is 16.4. The summed E-state index contributed by atoms with van der Waals surface area (Å²) < 4.78 is 0. The predicted molar refractivity (Wildman–Crippen MR) is 64.5 cm³/mol. The largest absolute Gasteiger partial charge is 0.481 e. The van der Waals surface area contributed by atoms with Crippen molar-refractivity contribution in [1.29, 1.82) is 0 Å². The van der Waals surface area contributed by atoms with Gasteiger partial charge >= 0.3 is 5.97 Å². The van der Waals surface area contributed by atoms with Crippen LogP contribution in [0.25, 0.3) is 0 Å². The lowest BCUT2D eigenvalue weighted by Crippen LogP contribution is -2.46. The maximum absolute atomic E-state index is 10.5. The van der Waals surface area contributed by atoms with Gasteiger partial charge in [0.25, 0.3) is 0 Å². The average molecular weight is 226 g/mol. The predicted octanol–water partition coefficient (Wildman–Crippen LogP) is 1.04. The zero-order chi connectivity index (χ0) is 12.0. The van der Waals surface area contributed by atoms with Crippen LogP contribution in [0.1, 0.15) is 19.3 Å². The van der Waals surface area contributed by atoms with E-state index in [1.807, 2.05) is 13.1 Å². The number of aliphatic carboxylic acids is 1. The van der Waals surface area contributed by atoms with Gasteiger partial charge in [-0.3, -0.25) is 9.69 Å². The standard InChI is InChI=1S/C12H22N2O2/c1-3-7-14-8-4-5-11(10-14)13(2)9-6-12(15)16/h3,11H,1,4-10H2,2H3,(H,15,16). The second kappa shape index (κ2) is 6.66. The summed E-state index contributed by atoms with van der Waals surface area (Å²) in [5.74, 6) is -0.717. The Balaban J connectivity index is 2.34. The van der Waals surface area contributed by atoms with E-state index in [1.54, 1.807) is 0 Å². The van der Waals surface area contributed by atoms with E-state index in [0.717, 1.165) is 19.6 Å². The summed E-state index contributed by atoms with van der Waals surface area (Å²) in [4.78, 5) is 15.0. The van der Waals surface area contributed by atoms with Crippen molar-refractivity contribution in [2.75, 3.05) is 33.2 Å². The van der Waals surface area contributed by atoms with Gasteiger partial charge in [0.2, 0.25) is 0 Å². The van der Waals surface area contributed by atoms with Gasteiger partial charge in [-0.1, -0.05) is 6.08 Å². The first-order valence-electron chi connectivity index (χ1n) is 5.88. The quantitative estimate of drug-likeness (QED) is 0.687. The Hall–Kier alpha value is -0.870. The molecule has 0 bridgehead atoms. The fourth-order valence-electron chi connectivity index (χ4n) is 2.19. The molecule has 1 rings (SSSR count). The van der Waals surface area contributed by atoms with E-state index in [9.17, 15) is 4.79 Å². The number of piperidine rings is 1. The van der Waals surface area contributed by atoms with E-state index >= 15 is 0 Å². The van der Waals surface area contributed by atoms with Crippen LogP contribution in [0.15, 0.2) is 12.7 Å². The second-order valence-corrected chi connectivity index (χ2v) is 4.47. The van der Waals surface area contributed by atoms with Crippen molar-refractivity contribution < 1.29 is 9.90 Å². The van der Waals surface area contributed by atoms with E-state index in [4.69, 9.17) is 5.11 Å². The van der Waals surface area contributed by atoms with Gasteiger partial charge in [-0.2, -0.15) is 0 Å². The molecule has 1 saturated heterocycles. The van der Waals surface area contributed by atoms with Gasteiger partial charge in [-0.05, 0) is 26.4 Å². The van der Waals surface area contributed by atoms with Gasteiger partial charge in [0, 0.05) is 25.7 Å². The Labute approximate surface area is 97.5 Å². The molecule has 0 amide bonds. The summed E-state index contributed by atoms with van der Waals surface area (Å²) >= 11 is 0. The normalized spacial score (nSPS) is 22.2. The highest BCUT2D eigenvalue weighted by Crippen LogP contribution is 2.14. The molecule has 4 nitrogen and oxygen atoms in total. The van der Waals surface area contributed by atoms with Crippen LogP contribution in [0.2, 0.25) is 0 Å². The molecule has 0 spiro atoms. The molecule has 0 aromatic carbocycles. The number of hydrogen-bond acceptors (Lipinski definition) is 3. The molecule has 92 valence electrons. The molecule has 16 heavy (non-hydrogen) atoms. The monoisotopic (exact) mass is 226 g/mol. The van der Waals surface area contributed by atoms with Gasteiger partial charge < -0.3 is 10.0 Å². The average Bonchev–Trinajstić information content (AvgIpc) is 2.26. The maximum atomic E-state index is 10.5. The summed E-state index contributed by atoms with van der Waals surface area (Å²) in [6.07, 6.45) is 4.52. The molecule has 0 aromatic rings. The van der Waals surface area contributed by atoms with Crippen LogP contribution < -0.4 is 0 Å². The molecule has 1 N–H and O–H groups in total. The minimum atomic E-state index is -0.717. The number of rotatable bonds is 6. The number of likely N-dealkylation sites (tertiary alicyclic amines) is 1. The summed E-state index contributed by atoms with van der Waals surface area (Å²) in [6, 6.07) is 0.494. The lowest BCUT2D eigenvalue weighted by Gasteiger charge is -2.37. The van der Waals surface area contributed by atoms with Crippen LogP contribution in [0.4, 0.5) is 0 Å². The van der Waals surface area contributed by atoms with E-state index < -0.39 is 5.97 Å². The number of likely N-dealkylation sites (N-methyl/N-ethyl adjacent to an activating group) is 1. The van der Waals surface area contributed by atoms with E-state index in [0.29, 0.717) is 12.6 Å². The van der Waals surface area contributed by atoms with Crippen molar-refractivity contribution in [3.63, 3.8) is 0 Å². The van der Waals surface area contributed by atoms with E-state index in [2.05, 4.69) is 16.4 Å².